The SMILES string of the molecule is CC(=O)O[C@H]1CC2C([C@@H](O)C(=O)[C@@]3(O)C[C@@H]4O[C@@H]4[C@H](OC(C)=O)[C@]23C)[C@@H]2C[C@@H]3[C@H]([C@H](C)[C@H]4O[C@]45OC(=O)[C@@](C)(O)[C@]35C)[C@@]12C. The molecule has 12 nitrogen and oxygen atoms in total. The molecule has 8 fully saturated rings. The number of carbonyl (C=O) groups excluding carboxylic acids is 4. The summed E-state index contributed by atoms with van der Waals surface area (Å²) in [5, 5.41) is 35.9. The fraction of sp³-hybridized carbons (Fsp3) is 0.875. The van der Waals surface area contributed by atoms with Gasteiger partial charge in [-0.1, -0.05) is 20.8 Å². The first-order valence-corrected chi connectivity index (χ1v) is 15.9. The summed E-state index contributed by atoms with van der Waals surface area (Å²) in [4.78, 5) is 52.4. The number of hydrogen-bond donors (Lipinski definition) is 3. The quantitative estimate of drug-likeness (QED) is 0.224. The van der Waals surface area contributed by atoms with Crippen molar-refractivity contribution in [1.29, 1.82) is 0 Å². The second kappa shape index (κ2) is 8.05. The van der Waals surface area contributed by atoms with Gasteiger partial charge in [-0.15, -0.1) is 0 Å². The Kier molecular flexibility index (Phi) is 5.36. The first-order valence-electron chi connectivity index (χ1n) is 15.9. The Hall–Kier alpha value is -2.12. The molecule has 0 bridgehead atoms. The number of epoxide rings is 2. The number of aliphatic hydroxyl groups is 3. The highest BCUT2D eigenvalue weighted by Gasteiger charge is 2.91. The van der Waals surface area contributed by atoms with Crippen LogP contribution in [0, 0.1) is 51.8 Å². The largest absolute Gasteiger partial charge is 0.462 e. The van der Waals surface area contributed by atoms with E-state index in [9.17, 15) is 34.5 Å². The molecular formula is C32H42O12. The van der Waals surface area contributed by atoms with Gasteiger partial charge in [-0.25, -0.2) is 4.79 Å². The zero-order valence-corrected chi connectivity index (χ0v) is 26.1. The maximum atomic E-state index is 14.2. The van der Waals surface area contributed by atoms with E-state index in [0.717, 1.165) is 0 Å². The van der Waals surface area contributed by atoms with Crippen molar-refractivity contribution in [3.63, 3.8) is 0 Å². The van der Waals surface area contributed by atoms with Crippen LogP contribution < -0.4 is 0 Å². The van der Waals surface area contributed by atoms with Crippen LogP contribution in [0.5, 0.6) is 0 Å². The van der Waals surface area contributed by atoms with Crippen LogP contribution in [0.2, 0.25) is 0 Å². The lowest BCUT2D eigenvalue weighted by Crippen LogP contribution is -2.76. The molecule has 0 aromatic heterocycles. The monoisotopic (exact) mass is 618 g/mol. The molecule has 12 heteroatoms. The van der Waals surface area contributed by atoms with Gasteiger partial charge >= 0.3 is 17.9 Å². The van der Waals surface area contributed by atoms with Gasteiger partial charge in [0.25, 0.3) is 0 Å². The van der Waals surface area contributed by atoms with Gasteiger partial charge in [-0.3, -0.25) is 14.4 Å². The highest BCUT2D eigenvalue weighted by Crippen LogP contribution is 2.80. The molecule has 0 radical (unpaired) electrons. The molecule has 0 amide bonds. The summed E-state index contributed by atoms with van der Waals surface area (Å²) in [6, 6.07) is 0. The fourth-order valence-electron chi connectivity index (χ4n) is 12.4. The van der Waals surface area contributed by atoms with Crippen molar-refractivity contribution >= 4 is 23.7 Å². The van der Waals surface area contributed by atoms with Crippen LogP contribution in [0.3, 0.4) is 0 Å². The number of carbonyl (C=O) groups is 4. The molecule has 3 aliphatic heterocycles. The van der Waals surface area contributed by atoms with Crippen LogP contribution in [0.25, 0.3) is 0 Å². The maximum Gasteiger partial charge on any atom is 0.341 e. The highest BCUT2D eigenvalue weighted by atomic mass is 16.8. The molecule has 2 unspecified atom stereocenters. The van der Waals surface area contributed by atoms with Crippen molar-refractivity contribution in [2.45, 2.75) is 121 Å². The zero-order chi connectivity index (χ0) is 31.9. The Balaban J connectivity index is 1.31. The predicted molar refractivity (Wildman–Crippen MR) is 145 cm³/mol. The highest BCUT2D eigenvalue weighted by molar-refractivity contribution is 5.94. The molecule has 242 valence electrons. The molecule has 5 saturated carbocycles. The average molecular weight is 619 g/mol. The van der Waals surface area contributed by atoms with E-state index in [1.165, 1.54) is 20.8 Å². The number of esters is 3. The summed E-state index contributed by atoms with van der Waals surface area (Å²) in [6.07, 6.45) is -4.12. The molecule has 3 saturated heterocycles. The Bertz CT molecular complexity index is 1410. The molecular weight excluding hydrogens is 576 g/mol. The van der Waals surface area contributed by atoms with Crippen LogP contribution in [-0.2, 0) is 42.9 Å². The van der Waals surface area contributed by atoms with Gasteiger partial charge in [-0.05, 0) is 62.2 Å². The molecule has 18 atom stereocenters. The van der Waals surface area contributed by atoms with Gasteiger partial charge in [0.05, 0.1) is 11.5 Å². The molecule has 8 rings (SSSR count). The van der Waals surface area contributed by atoms with Crippen LogP contribution in [0.1, 0.15) is 67.7 Å². The summed E-state index contributed by atoms with van der Waals surface area (Å²) >= 11 is 0. The molecule has 44 heavy (non-hydrogen) atoms. The number of ketones is 1. The number of aliphatic hydroxyl groups excluding tert-OH is 1. The summed E-state index contributed by atoms with van der Waals surface area (Å²) in [5.41, 5.74) is -7.24. The first-order chi connectivity index (χ1) is 20.3. The minimum atomic E-state index is -2.04. The van der Waals surface area contributed by atoms with E-state index in [0.29, 0.717) is 6.42 Å². The van der Waals surface area contributed by atoms with Gasteiger partial charge in [0.2, 0.25) is 5.79 Å². The number of rotatable bonds is 2. The number of Topliss-reactive ketones (excluding diaryl/α,β-unsaturated/α-hetero) is 1. The normalized spacial score (nSPS) is 62.4. The lowest BCUT2D eigenvalue weighted by molar-refractivity contribution is -0.263. The first kappa shape index (κ1) is 29.3. The third-order valence-electron chi connectivity index (χ3n) is 14.6. The van der Waals surface area contributed by atoms with Crippen LogP contribution in [0.4, 0.5) is 0 Å². The molecule has 0 aromatic rings. The smallest absolute Gasteiger partial charge is 0.341 e. The van der Waals surface area contributed by atoms with Crippen molar-refractivity contribution in [1.82, 2.24) is 0 Å². The van der Waals surface area contributed by atoms with Gasteiger partial charge < -0.3 is 39.0 Å². The van der Waals surface area contributed by atoms with Gasteiger partial charge in [0.1, 0.15) is 36.1 Å². The maximum absolute atomic E-state index is 14.2. The van der Waals surface area contributed by atoms with Crippen molar-refractivity contribution in [2.24, 2.45) is 51.8 Å². The fourth-order valence-corrected chi connectivity index (χ4v) is 12.4. The van der Waals surface area contributed by atoms with E-state index in [1.54, 1.807) is 6.92 Å². The van der Waals surface area contributed by atoms with Crippen LogP contribution in [0.15, 0.2) is 0 Å². The Morgan fingerprint density at radius 1 is 0.955 bits per heavy atom. The summed E-state index contributed by atoms with van der Waals surface area (Å²) < 4.78 is 29.8. The molecule has 5 aliphatic carbocycles. The zero-order valence-electron chi connectivity index (χ0n) is 26.1. The van der Waals surface area contributed by atoms with Crippen molar-refractivity contribution in [2.75, 3.05) is 0 Å². The minimum absolute atomic E-state index is 0.0323. The van der Waals surface area contributed by atoms with E-state index in [2.05, 4.69) is 0 Å². The third kappa shape index (κ3) is 2.83. The lowest BCUT2D eigenvalue weighted by Gasteiger charge is -2.65. The van der Waals surface area contributed by atoms with E-state index >= 15 is 0 Å². The van der Waals surface area contributed by atoms with Crippen molar-refractivity contribution in [3.8, 4) is 0 Å². The third-order valence-corrected chi connectivity index (χ3v) is 14.6. The minimum Gasteiger partial charge on any atom is -0.462 e. The van der Waals surface area contributed by atoms with Crippen molar-refractivity contribution < 1.29 is 58.2 Å². The van der Waals surface area contributed by atoms with Gasteiger partial charge in [0.15, 0.2) is 11.4 Å². The second-order valence-corrected chi connectivity index (χ2v) is 15.9. The number of fused-ring (bicyclic) bond motifs is 9. The summed E-state index contributed by atoms with van der Waals surface area (Å²) in [5.74, 6) is -6.35. The van der Waals surface area contributed by atoms with E-state index in [-0.39, 0.29) is 30.6 Å². The Labute approximate surface area is 255 Å². The number of ether oxygens (including phenoxy) is 5. The van der Waals surface area contributed by atoms with Gasteiger partial charge in [-0.2, -0.15) is 0 Å². The van der Waals surface area contributed by atoms with Crippen LogP contribution >= 0.6 is 0 Å². The standard InChI is InChI=1S/C32H42O12/c1-11-20-16(29(6)30(7,38)26(37)44-32(29)24(11)43-32)8-14-19-15(9-18(27(14,20)4)40-12(2)33)28(5)25(41-13(3)34)22-17(42-22)10-31(28,39)23(36)21(19)35/h11,14-22,24-25,35,38-39H,8-10H2,1-7H3/t11-,14-,15?,16+,17-,18-,19?,20-,21+,22-,24+,25-,27+,28-,29-,30+,31-,32-/m0/s1. The van der Waals surface area contributed by atoms with Crippen LogP contribution in [-0.4, -0.2) is 92.6 Å². The van der Waals surface area contributed by atoms with E-state index in [4.69, 9.17) is 23.7 Å². The predicted octanol–water partition coefficient (Wildman–Crippen LogP) is 0.656. The molecule has 0 aromatic carbocycles. The summed E-state index contributed by atoms with van der Waals surface area (Å²) in [7, 11) is 0. The second-order valence-electron chi connectivity index (χ2n) is 15.9. The van der Waals surface area contributed by atoms with Crippen molar-refractivity contribution in [3.05, 3.63) is 0 Å². The molecule has 1 spiro atoms. The molecule has 3 N–H and O–H groups in total. The van der Waals surface area contributed by atoms with E-state index < -0.39 is 111 Å². The summed E-state index contributed by atoms with van der Waals surface area (Å²) in [6.45, 7) is 11.7. The Morgan fingerprint density at radius 2 is 1.61 bits per heavy atom. The van der Waals surface area contributed by atoms with Gasteiger partial charge in [0, 0.05) is 31.1 Å². The number of hydrogen-bond acceptors (Lipinski definition) is 12. The molecule has 3 heterocycles. The molecule has 8 aliphatic rings. The van der Waals surface area contributed by atoms with E-state index in [1.807, 2.05) is 20.8 Å². The lowest BCUT2D eigenvalue weighted by atomic mass is 9.40. The topological polar surface area (TPSA) is 182 Å². The average Bonchev–Trinajstić information content (AvgIpc) is 3.82. The Morgan fingerprint density at radius 3 is 2.25 bits per heavy atom.